The summed E-state index contributed by atoms with van der Waals surface area (Å²) in [6.45, 7) is 0.793. The smallest absolute Gasteiger partial charge is 0.267 e. The first kappa shape index (κ1) is 42.4. The summed E-state index contributed by atoms with van der Waals surface area (Å²) in [6, 6.07) is 15.3. The van der Waals surface area contributed by atoms with Gasteiger partial charge in [-0.1, -0.05) is 120 Å². The number of thiazole rings is 2. The minimum Gasteiger partial charge on any atom is -0.302 e. The molecule has 0 aliphatic carbocycles. The normalized spacial score (nSPS) is 15.7. The number of benzene rings is 2. The van der Waals surface area contributed by atoms with Crippen molar-refractivity contribution in [1.82, 2.24) is 19.8 Å². The van der Waals surface area contributed by atoms with Crippen molar-refractivity contribution in [3.05, 3.63) is 102 Å². The number of nitrogens with zero attached hydrogens (tertiary/aromatic N) is 4. The van der Waals surface area contributed by atoms with E-state index in [9.17, 15) is 19.2 Å². The molecule has 2 fully saturated rings. The van der Waals surface area contributed by atoms with Crippen molar-refractivity contribution in [2.75, 3.05) is 23.7 Å². The fourth-order valence-corrected chi connectivity index (χ4v) is 10.7. The number of rotatable bonds is 18. The van der Waals surface area contributed by atoms with Gasteiger partial charge in [0.25, 0.3) is 11.8 Å². The fraction of sp³-hybridized carbons (Fsp3) is 0.316. The summed E-state index contributed by atoms with van der Waals surface area (Å²) in [5.74, 6) is -0.823. The van der Waals surface area contributed by atoms with Crippen LogP contribution in [0.2, 0.25) is 10.0 Å². The van der Waals surface area contributed by atoms with Crippen LogP contribution in [-0.4, -0.2) is 65.1 Å². The molecule has 0 saturated carbocycles. The zero-order valence-corrected chi connectivity index (χ0v) is 36.3. The number of hydrogen-bond acceptors (Lipinski definition) is 12. The van der Waals surface area contributed by atoms with E-state index in [0.29, 0.717) is 103 Å². The van der Waals surface area contributed by atoms with Crippen LogP contribution in [0.3, 0.4) is 0 Å². The molecule has 2 saturated heterocycles. The molecular weight excluding hydrogens is 868 g/mol. The predicted molar refractivity (Wildman–Crippen MR) is 238 cm³/mol. The standard InChI is InChI=1S/C38H36Cl2N6O4S6/c39-27-13-7-5-11-23(27)19-25-21-41-35(53-25)43-29(47)15-3-1-9-17-45-33(49)31(55-37(45)51)32-34(50)46(38(52)56-32)18-10-2-4-16-30(48)44-36-42-22-26(54-36)20-24-12-6-8-14-28(24)40/h5-8,11-14,21-22H,1-4,9-10,15-20H2,(H,41,43,47)(H,42,44,48). The third kappa shape index (κ3) is 11.5. The first-order valence-electron chi connectivity index (χ1n) is 17.8. The molecule has 2 N–H and O–H groups in total. The number of hydrogen-bond donors (Lipinski definition) is 2. The Morgan fingerprint density at radius 2 is 1.04 bits per heavy atom. The predicted octanol–water partition coefficient (Wildman–Crippen LogP) is 9.72. The molecule has 292 valence electrons. The molecule has 2 aliphatic rings. The van der Waals surface area contributed by atoms with Crippen LogP contribution >= 0.6 is 93.8 Å². The Balaban J connectivity index is 0.869. The molecule has 18 heteroatoms. The summed E-state index contributed by atoms with van der Waals surface area (Å²) >= 11 is 28.7. The van der Waals surface area contributed by atoms with Crippen molar-refractivity contribution in [2.24, 2.45) is 0 Å². The van der Waals surface area contributed by atoms with Crippen molar-refractivity contribution < 1.29 is 19.2 Å². The first-order chi connectivity index (χ1) is 27.0. The maximum atomic E-state index is 13.4. The maximum Gasteiger partial charge on any atom is 0.267 e. The van der Waals surface area contributed by atoms with E-state index in [-0.39, 0.29) is 23.6 Å². The zero-order chi connectivity index (χ0) is 39.6. The second kappa shape index (κ2) is 20.5. The second-order valence-electron chi connectivity index (χ2n) is 12.8. The van der Waals surface area contributed by atoms with Gasteiger partial charge in [0, 0.05) is 71.0 Å². The molecule has 2 aliphatic heterocycles. The molecule has 0 unspecified atom stereocenters. The number of thiocarbonyl (C=S) groups is 2. The third-order valence-corrected chi connectivity index (χ3v) is 14.3. The zero-order valence-electron chi connectivity index (χ0n) is 29.9. The molecule has 0 atom stereocenters. The van der Waals surface area contributed by atoms with Crippen LogP contribution in [0.1, 0.15) is 72.2 Å². The van der Waals surface area contributed by atoms with Crippen LogP contribution in [0, 0.1) is 0 Å². The largest absolute Gasteiger partial charge is 0.302 e. The average Bonchev–Trinajstić information content (AvgIpc) is 3.94. The van der Waals surface area contributed by atoms with Crippen molar-refractivity contribution >= 4 is 136 Å². The molecular formula is C38H36Cl2N6O4S6. The molecule has 0 radical (unpaired) electrons. The molecule has 56 heavy (non-hydrogen) atoms. The van der Waals surface area contributed by atoms with Crippen molar-refractivity contribution in [3.8, 4) is 0 Å². The molecule has 0 spiro atoms. The Labute approximate surface area is 362 Å². The summed E-state index contributed by atoms with van der Waals surface area (Å²) in [6.07, 6.45) is 9.46. The van der Waals surface area contributed by atoms with E-state index >= 15 is 0 Å². The Morgan fingerprint density at radius 1 is 0.625 bits per heavy atom. The van der Waals surface area contributed by atoms with E-state index < -0.39 is 0 Å². The average molecular weight is 904 g/mol. The Morgan fingerprint density at radius 3 is 1.45 bits per heavy atom. The second-order valence-corrected chi connectivity index (χ2v) is 19.2. The number of halogens is 2. The van der Waals surface area contributed by atoms with Gasteiger partial charge in [-0.3, -0.25) is 29.0 Å². The highest BCUT2D eigenvalue weighted by molar-refractivity contribution is 8.29. The molecule has 4 aromatic rings. The fourth-order valence-electron chi connectivity index (χ4n) is 5.84. The van der Waals surface area contributed by atoms with Gasteiger partial charge in [-0.05, 0) is 48.9 Å². The summed E-state index contributed by atoms with van der Waals surface area (Å²) < 4.78 is 0.800. The maximum absolute atomic E-state index is 13.4. The molecule has 2 aromatic heterocycles. The number of amides is 4. The van der Waals surface area contributed by atoms with Gasteiger partial charge in [0.15, 0.2) is 10.3 Å². The molecule has 0 bridgehead atoms. The highest BCUT2D eigenvalue weighted by atomic mass is 35.5. The van der Waals surface area contributed by atoms with Crippen LogP contribution in [0.15, 0.2) is 70.7 Å². The van der Waals surface area contributed by atoms with E-state index in [0.717, 1.165) is 57.2 Å². The SMILES string of the molecule is O=C(CCCCCN1C(=O)C(=C2SC(=S)N(CCCCCC(=O)Nc3ncc(Cc4ccccc4Cl)s3)C2=O)SC1=S)Nc1ncc(Cc2ccccc2Cl)s1. The van der Waals surface area contributed by atoms with Gasteiger partial charge >= 0.3 is 0 Å². The van der Waals surface area contributed by atoms with E-state index in [2.05, 4.69) is 20.6 Å². The number of carbonyl (C=O) groups is 4. The highest BCUT2D eigenvalue weighted by Gasteiger charge is 2.41. The van der Waals surface area contributed by atoms with Crippen LogP contribution < -0.4 is 10.6 Å². The summed E-state index contributed by atoms with van der Waals surface area (Å²) in [5, 5.41) is 8.23. The molecule has 4 heterocycles. The van der Waals surface area contributed by atoms with Crippen molar-refractivity contribution in [2.45, 2.75) is 64.2 Å². The van der Waals surface area contributed by atoms with Gasteiger partial charge in [-0.15, -0.1) is 22.7 Å². The molecule has 2 aromatic carbocycles. The minimum atomic E-state index is -0.295. The van der Waals surface area contributed by atoms with E-state index in [1.165, 1.54) is 32.5 Å². The Hall–Kier alpha value is -3.22. The van der Waals surface area contributed by atoms with E-state index in [1.807, 2.05) is 48.5 Å². The first-order valence-corrected chi connectivity index (χ1v) is 22.7. The lowest BCUT2D eigenvalue weighted by Crippen LogP contribution is -2.31. The van der Waals surface area contributed by atoms with E-state index in [4.69, 9.17) is 47.6 Å². The number of nitrogens with one attached hydrogen (secondary N) is 2. The van der Waals surface area contributed by atoms with Crippen LogP contribution in [-0.2, 0) is 32.0 Å². The summed E-state index contributed by atoms with van der Waals surface area (Å²) in [7, 11) is 0. The number of anilines is 2. The summed E-state index contributed by atoms with van der Waals surface area (Å²) in [5.41, 5.74) is 2.01. The Bertz CT molecular complexity index is 2020. The van der Waals surface area contributed by atoms with Gasteiger partial charge in [-0.2, -0.15) is 0 Å². The third-order valence-electron chi connectivity index (χ3n) is 8.72. The quantitative estimate of drug-likeness (QED) is 0.0567. The number of thioether (sulfide) groups is 2. The van der Waals surface area contributed by atoms with Gasteiger partial charge in [0.2, 0.25) is 11.8 Å². The Kier molecular flexibility index (Phi) is 15.5. The van der Waals surface area contributed by atoms with Crippen LogP contribution in [0.4, 0.5) is 10.3 Å². The summed E-state index contributed by atoms with van der Waals surface area (Å²) in [4.78, 5) is 66.1. The number of unbranched alkanes of at least 4 members (excludes halogenated alkanes) is 4. The molecule has 6 rings (SSSR count). The number of carbonyl (C=O) groups excluding carboxylic acids is 4. The van der Waals surface area contributed by atoms with Crippen LogP contribution in [0.5, 0.6) is 0 Å². The van der Waals surface area contributed by atoms with Crippen molar-refractivity contribution in [1.29, 1.82) is 0 Å². The van der Waals surface area contributed by atoms with Gasteiger partial charge in [-0.25, -0.2) is 9.97 Å². The number of aromatic nitrogens is 2. The van der Waals surface area contributed by atoms with Crippen molar-refractivity contribution in [3.63, 3.8) is 0 Å². The van der Waals surface area contributed by atoms with E-state index in [1.54, 1.807) is 12.4 Å². The lowest BCUT2D eigenvalue weighted by atomic mass is 10.1. The topological polar surface area (TPSA) is 125 Å². The van der Waals surface area contributed by atoms with Gasteiger partial charge < -0.3 is 10.6 Å². The molecule has 10 nitrogen and oxygen atoms in total. The molecule has 4 amide bonds. The van der Waals surface area contributed by atoms with Gasteiger partial charge in [0.1, 0.15) is 8.64 Å². The van der Waals surface area contributed by atoms with Crippen LogP contribution in [0.25, 0.3) is 0 Å². The van der Waals surface area contributed by atoms with Gasteiger partial charge in [0.05, 0.1) is 9.81 Å². The highest BCUT2D eigenvalue weighted by Crippen LogP contribution is 2.42. The minimum absolute atomic E-state index is 0.117. The lowest BCUT2D eigenvalue weighted by molar-refractivity contribution is -0.124. The monoisotopic (exact) mass is 902 g/mol. The lowest BCUT2D eigenvalue weighted by Gasteiger charge is -2.14.